The molecule has 2 atom stereocenters. The van der Waals surface area contributed by atoms with Crippen molar-refractivity contribution >= 4 is 34.6 Å². The van der Waals surface area contributed by atoms with E-state index in [1.807, 2.05) is 72.8 Å². The highest BCUT2D eigenvalue weighted by Crippen LogP contribution is 2.42. The number of benzene rings is 2. The van der Waals surface area contributed by atoms with Crippen LogP contribution in [-0.4, -0.2) is 27.2 Å². The maximum absolute atomic E-state index is 12.4. The van der Waals surface area contributed by atoms with Gasteiger partial charge in [-0.2, -0.15) is 0 Å². The summed E-state index contributed by atoms with van der Waals surface area (Å²) < 4.78 is 7.76. The number of para-hydroxylation sites is 1. The molecule has 1 aliphatic rings. The lowest BCUT2D eigenvalue weighted by Gasteiger charge is -2.28. The van der Waals surface area contributed by atoms with Crippen LogP contribution in [-0.2, 0) is 10.3 Å². The molecule has 3 heterocycles. The molecule has 2 aromatic carbocycles. The number of thiocarbonyl (C=S) groups is 1. The highest BCUT2D eigenvalue weighted by atomic mass is 32.1. The number of aromatic nitrogens is 2. The molecule has 2 aromatic heterocycles. The van der Waals surface area contributed by atoms with Crippen LogP contribution in [0.1, 0.15) is 44.1 Å². The molecule has 1 amide bonds. The first-order chi connectivity index (χ1) is 18.3. The van der Waals surface area contributed by atoms with Gasteiger partial charge in [-0.3, -0.25) is 9.78 Å². The molecule has 2 N–H and O–H groups in total. The molecule has 0 radical (unpaired) electrons. The summed E-state index contributed by atoms with van der Waals surface area (Å²) in [5.41, 5.74) is 3.63. The number of rotatable bonds is 7. The first-order valence-electron chi connectivity index (χ1n) is 12.6. The highest BCUT2D eigenvalue weighted by molar-refractivity contribution is 7.80. The Kier molecular flexibility index (Phi) is 7.15. The molecule has 5 rings (SSSR count). The molecule has 194 valence electrons. The van der Waals surface area contributed by atoms with Crippen LogP contribution >= 0.6 is 12.2 Å². The minimum absolute atomic E-state index is 0.0415. The summed E-state index contributed by atoms with van der Waals surface area (Å²) in [5, 5.41) is 7.02. The molecule has 1 aliphatic heterocycles. The third kappa shape index (κ3) is 5.55. The average molecular weight is 526 g/mol. The molecule has 1 saturated heterocycles. The summed E-state index contributed by atoms with van der Waals surface area (Å²) in [6.45, 7) is 6.48. The molecule has 0 saturated carbocycles. The number of ether oxygens (including phenoxy) is 1. The van der Waals surface area contributed by atoms with Gasteiger partial charge in [0, 0.05) is 35.5 Å². The van der Waals surface area contributed by atoms with Gasteiger partial charge in [0.15, 0.2) is 11.7 Å². The van der Waals surface area contributed by atoms with E-state index >= 15 is 0 Å². The van der Waals surface area contributed by atoms with Gasteiger partial charge in [-0.1, -0.05) is 24.3 Å². The van der Waals surface area contributed by atoms with Gasteiger partial charge in [0.05, 0.1) is 17.8 Å². The monoisotopic (exact) mass is 525 g/mol. The zero-order valence-electron chi connectivity index (χ0n) is 21.7. The Morgan fingerprint density at radius 1 is 1.03 bits per heavy atom. The largest absolute Gasteiger partial charge is 0.484 e. The number of nitrogens with one attached hydrogen (secondary N) is 2. The van der Waals surface area contributed by atoms with E-state index in [-0.39, 0.29) is 30.1 Å². The van der Waals surface area contributed by atoms with E-state index in [2.05, 4.69) is 64.3 Å². The predicted octanol–water partition coefficient (Wildman–Crippen LogP) is 5.83. The number of hydrogen-bond donors (Lipinski definition) is 2. The third-order valence-electron chi connectivity index (χ3n) is 6.47. The van der Waals surface area contributed by atoms with E-state index in [0.717, 1.165) is 16.9 Å². The summed E-state index contributed by atoms with van der Waals surface area (Å²) in [6.07, 6.45) is 6.10. The van der Waals surface area contributed by atoms with Crippen LogP contribution in [0.4, 0.5) is 11.4 Å². The Bertz CT molecular complexity index is 1400. The predicted molar refractivity (Wildman–Crippen MR) is 154 cm³/mol. The second-order valence-corrected chi connectivity index (χ2v) is 10.6. The van der Waals surface area contributed by atoms with E-state index in [4.69, 9.17) is 17.0 Å². The summed E-state index contributed by atoms with van der Waals surface area (Å²) in [6, 6.07) is 24.8. The second-order valence-electron chi connectivity index (χ2n) is 10.2. The van der Waals surface area contributed by atoms with Crippen molar-refractivity contribution in [2.24, 2.45) is 0 Å². The molecule has 7 nitrogen and oxygen atoms in total. The number of carbonyl (C=O) groups excluding carboxylic acids is 1. The van der Waals surface area contributed by atoms with Crippen molar-refractivity contribution in [3.05, 3.63) is 109 Å². The van der Waals surface area contributed by atoms with Crippen LogP contribution in [0.3, 0.4) is 0 Å². The molecular weight excluding hydrogens is 494 g/mol. The van der Waals surface area contributed by atoms with Crippen LogP contribution in [0.5, 0.6) is 5.75 Å². The minimum atomic E-state index is -0.225. The lowest BCUT2D eigenvalue weighted by Crippen LogP contribution is -2.29. The zero-order valence-corrected chi connectivity index (χ0v) is 22.5. The Labute approximate surface area is 228 Å². The van der Waals surface area contributed by atoms with Gasteiger partial charge in [-0.15, -0.1) is 0 Å². The van der Waals surface area contributed by atoms with E-state index in [1.54, 1.807) is 6.20 Å². The second kappa shape index (κ2) is 10.7. The lowest BCUT2D eigenvalue weighted by molar-refractivity contribution is -0.118. The zero-order chi connectivity index (χ0) is 26.7. The molecule has 0 bridgehead atoms. The number of carbonyl (C=O) groups is 1. The van der Waals surface area contributed by atoms with Crippen molar-refractivity contribution in [3.8, 4) is 5.75 Å². The third-order valence-corrected chi connectivity index (χ3v) is 6.79. The minimum Gasteiger partial charge on any atom is -0.484 e. The molecule has 4 aromatic rings. The van der Waals surface area contributed by atoms with Gasteiger partial charge in [-0.25, -0.2) is 0 Å². The molecule has 1 fully saturated rings. The molecule has 0 unspecified atom stereocenters. The number of anilines is 2. The van der Waals surface area contributed by atoms with Crippen LogP contribution in [0, 0.1) is 0 Å². The summed E-state index contributed by atoms with van der Waals surface area (Å²) >= 11 is 5.83. The van der Waals surface area contributed by atoms with Gasteiger partial charge in [0.2, 0.25) is 0 Å². The Hall–Kier alpha value is -4.17. The van der Waals surface area contributed by atoms with Crippen molar-refractivity contribution in [2.75, 3.05) is 16.8 Å². The normalized spacial score (nSPS) is 17.2. The summed E-state index contributed by atoms with van der Waals surface area (Å²) in [4.78, 5) is 19.2. The maximum Gasteiger partial charge on any atom is 0.262 e. The van der Waals surface area contributed by atoms with Crippen LogP contribution in [0.15, 0.2) is 97.5 Å². The van der Waals surface area contributed by atoms with Crippen molar-refractivity contribution in [1.82, 2.24) is 14.9 Å². The van der Waals surface area contributed by atoms with Crippen molar-refractivity contribution in [1.29, 1.82) is 0 Å². The fraction of sp³-hybridized carbons (Fsp3) is 0.233. The van der Waals surface area contributed by atoms with Crippen LogP contribution in [0.2, 0.25) is 0 Å². The fourth-order valence-corrected chi connectivity index (χ4v) is 4.89. The number of pyridine rings is 1. The highest BCUT2D eigenvalue weighted by Gasteiger charge is 2.41. The molecule has 0 aliphatic carbocycles. The first kappa shape index (κ1) is 25.5. The van der Waals surface area contributed by atoms with Crippen LogP contribution < -0.4 is 20.3 Å². The van der Waals surface area contributed by atoms with Gasteiger partial charge in [0.25, 0.3) is 5.91 Å². The average Bonchev–Trinajstić information content (AvgIpc) is 3.54. The fourth-order valence-electron chi connectivity index (χ4n) is 4.55. The van der Waals surface area contributed by atoms with E-state index in [1.165, 1.54) is 0 Å². The SMILES string of the molecule is CC(C)(C)n1ccc([C@@H]2[C@H](c3ccccn3)NC(=S)N2c2ccc(NC(=O)COc3ccccc3)cc2)c1. The van der Waals surface area contributed by atoms with E-state index in [0.29, 0.717) is 16.5 Å². The molecular formula is C30H31N5O2S. The van der Waals surface area contributed by atoms with Crippen molar-refractivity contribution in [2.45, 2.75) is 38.4 Å². The quantitative estimate of drug-likeness (QED) is 0.296. The standard InChI is InChI=1S/C30H31N5O2S/c1-30(2,3)34-18-16-21(19-34)28-27(25-11-7-8-17-31-25)33-29(38)35(28)23-14-12-22(13-15-23)32-26(36)20-37-24-9-5-4-6-10-24/h4-19,27-28H,20H2,1-3H3,(H,32,36)(H,33,38)/t27-,28+/m0/s1. The van der Waals surface area contributed by atoms with Crippen molar-refractivity contribution < 1.29 is 9.53 Å². The summed E-state index contributed by atoms with van der Waals surface area (Å²) in [5.74, 6) is 0.429. The van der Waals surface area contributed by atoms with Gasteiger partial charge in [0.1, 0.15) is 5.75 Å². The Balaban J connectivity index is 1.37. The Morgan fingerprint density at radius 3 is 2.42 bits per heavy atom. The van der Waals surface area contributed by atoms with E-state index in [9.17, 15) is 4.79 Å². The topological polar surface area (TPSA) is 71.4 Å². The maximum atomic E-state index is 12.4. The summed E-state index contributed by atoms with van der Waals surface area (Å²) in [7, 11) is 0. The number of amides is 1. The van der Waals surface area contributed by atoms with Crippen molar-refractivity contribution in [3.63, 3.8) is 0 Å². The number of hydrogen-bond acceptors (Lipinski definition) is 4. The van der Waals surface area contributed by atoms with E-state index < -0.39 is 0 Å². The van der Waals surface area contributed by atoms with Gasteiger partial charge in [-0.05, 0) is 93.1 Å². The molecule has 8 heteroatoms. The Morgan fingerprint density at radius 2 is 1.76 bits per heavy atom. The van der Waals surface area contributed by atoms with Gasteiger partial charge >= 0.3 is 0 Å². The molecule has 0 spiro atoms. The lowest BCUT2D eigenvalue weighted by atomic mass is 9.98. The van der Waals surface area contributed by atoms with Crippen LogP contribution in [0.25, 0.3) is 0 Å². The molecule has 38 heavy (non-hydrogen) atoms. The first-order valence-corrected chi connectivity index (χ1v) is 13.0. The smallest absolute Gasteiger partial charge is 0.262 e. The van der Waals surface area contributed by atoms with Gasteiger partial charge < -0.3 is 24.8 Å². The number of nitrogens with zero attached hydrogens (tertiary/aromatic N) is 3.